The second-order valence-electron chi connectivity index (χ2n) is 6.60. The standard InChI is InChI=1S/C24H16Te.2Fe/c1-5-13-21-17(9-1)18-10-2-6-14-22(18)25(21)23-15-7-3-11-19(23)20-12-4-8-16-24(20)25;;/h1-16H;;. The molecule has 0 saturated heterocycles. The van der Waals surface area contributed by atoms with Gasteiger partial charge in [-0.05, 0) is 0 Å². The summed E-state index contributed by atoms with van der Waals surface area (Å²) in [5.41, 5.74) is 5.80. The molecule has 3 heteroatoms. The van der Waals surface area contributed by atoms with E-state index in [0.717, 1.165) is 0 Å². The number of hydrogen-bond acceptors (Lipinski definition) is 0. The van der Waals surface area contributed by atoms with Gasteiger partial charge >= 0.3 is 152 Å². The van der Waals surface area contributed by atoms with Crippen LogP contribution in [-0.4, -0.2) is 18.2 Å². The zero-order chi connectivity index (χ0) is 16.4. The third kappa shape index (κ3) is 2.28. The van der Waals surface area contributed by atoms with Gasteiger partial charge in [0.1, 0.15) is 0 Å². The molecule has 2 aliphatic heterocycles. The quantitative estimate of drug-likeness (QED) is 0.259. The number of benzene rings is 4. The minimum atomic E-state index is -2.88. The molecule has 6 rings (SSSR count). The fraction of sp³-hybridized carbons (Fsp3) is 0. The molecule has 0 N–H and O–H groups in total. The molecular formula is C24H16Fe2Te. The van der Waals surface area contributed by atoms with Gasteiger partial charge in [-0.1, -0.05) is 0 Å². The van der Waals surface area contributed by atoms with Crippen LogP contribution in [0.3, 0.4) is 0 Å². The summed E-state index contributed by atoms with van der Waals surface area (Å²) in [5, 5.41) is 0. The second kappa shape index (κ2) is 6.95. The van der Waals surface area contributed by atoms with Crippen molar-refractivity contribution in [3.05, 3.63) is 97.1 Å². The summed E-state index contributed by atoms with van der Waals surface area (Å²) < 4.78 is 6.40. The van der Waals surface area contributed by atoms with E-state index in [1.54, 1.807) is 14.4 Å². The van der Waals surface area contributed by atoms with Gasteiger partial charge in [0, 0.05) is 34.1 Å². The van der Waals surface area contributed by atoms with Crippen LogP contribution in [0.1, 0.15) is 0 Å². The molecule has 2 heterocycles. The first-order valence-electron chi connectivity index (χ1n) is 8.63. The van der Waals surface area contributed by atoms with E-state index in [1.807, 2.05) is 0 Å². The number of hydrogen-bond donors (Lipinski definition) is 0. The first kappa shape index (κ1) is 19.0. The molecule has 0 unspecified atom stereocenters. The van der Waals surface area contributed by atoms with E-state index in [2.05, 4.69) is 97.1 Å². The monoisotopic (exact) mass is 546 g/mol. The molecule has 0 aromatic heterocycles. The van der Waals surface area contributed by atoms with Crippen molar-refractivity contribution in [2.45, 2.75) is 0 Å². The Bertz CT molecular complexity index is 979. The van der Waals surface area contributed by atoms with E-state index in [9.17, 15) is 0 Å². The molecule has 0 saturated carbocycles. The molecule has 134 valence electrons. The van der Waals surface area contributed by atoms with Crippen LogP contribution in [0.4, 0.5) is 0 Å². The summed E-state index contributed by atoms with van der Waals surface area (Å²) >= 11 is -2.88. The summed E-state index contributed by atoms with van der Waals surface area (Å²) in [6.45, 7) is 0. The third-order valence-corrected chi connectivity index (χ3v) is 17.0. The van der Waals surface area contributed by atoms with Gasteiger partial charge in [0.15, 0.2) is 0 Å². The Morgan fingerprint density at radius 3 is 0.815 bits per heavy atom. The van der Waals surface area contributed by atoms with Crippen LogP contribution in [-0.2, 0) is 34.1 Å². The number of fused-ring (bicyclic) bond motifs is 10. The molecule has 0 aliphatic carbocycles. The summed E-state index contributed by atoms with van der Waals surface area (Å²) in [5.74, 6) is 0. The Balaban J connectivity index is 0.000000900. The summed E-state index contributed by atoms with van der Waals surface area (Å²) in [7, 11) is 0. The van der Waals surface area contributed by atoms with Gasteiger partial charge in [-0.15, -0.1) is 0 Å². The van der Waals surface area contributed by atoms with Crippen molar-refractivity contribution in [3.63, 3.8) is 0 Å². The maximum atomic E-state index is 2.40. The van der Waals surface area contributed by atoms with E-state index in [-0.39, 0.29) is 34.1 Å². The van der Waals surface area contributed by atoms with E-state index >= 15 is 0 Å². The van der Waals surface area contributed by atoms with Crippen molar-refractivity contribution in [1.82, 2.24) is 0 Å². The molecule has 0 radical (unpaired) electrons. The molecule has 0 bridgehead atoms. The first-order valence-corrected chi connectivity index (χ1v) is 13.3. The molecule has 27 heavy (non-hydrogen) atoms. The average molecular weight is 544 g/mol. The Morgan fingerprint density at radius 1 is 0.333 bits per heavy atom. The van der Waals surface area contributed by atoms with Crippen molar-refractivity contribution in [2.24, 2.45) is 0 Å². The zero-order valence-corrected chi connectivity index (χ0v) is 18.9. The van der Waals surface area contributed by atoms with Crippen LogP contribution in [0.15, 0.2) is 97.1 Å². The van der Waals surface area contributed by atoms with Gasteiger partial charge in [0.25, 0.3) is 0 Å². The van der Waals surface area contributed by atoms with Gasteiger partial charge in [-0.25, -0.2) is 0 Å². The SMILES string of the molecule is [Fe].[Fe].c1ccc2c(c1)-c1ccccc1[Te]21c2ccccc2-c2ccccc21. The number of rotatable bonds is 0. The van der Waals surface area contributed by atoms with E-state index in [1.165, 1.54) is 22.3 Å². The molecular weight excluding hydrogens is 528 g/mol. The molecule has 0 nitrogen and oxygen atoms in total. The fourth-order valence-corrected chi connectivity index (χ4v) is 17.6. The maximum absolute atomic E-state index is 2.88. The molecule has 0 fully saturated rings. The predicted molar refractivity (Wildman–Crippen MR) is 108 cm³/mol. The Labute approximate surface area is 184 Å². The van der Waals surface area contributed by atoms with Crippen molar-refractivity contribution >= 4 is 32.6 Å². The Morgan fingerprint density at radius 2 is 0.556 bits per heavy atom. The van der Waals surface area contributed by atoms with E-state index in [0.29, 0.717) is 0 Å². The van der Waals surface area contributed by atoms with E-state index in [4.69, 9.17) is 0 Å². The van der Waals surface area contributed by atoms with Crippen LogP contribution in [0.2, 0.25) is 0 Å². The second-order valence-corrected chi connectivity index (χ2v) is 15.1. The summed E-state index contributed by atoms with van der Waals surface area (Å²) in [6, 6.07) is 36.5. The minimum absolute atomic E-state index is 0. The van der Waals surface area contributed by atoms with Crippen molar-refractivity contribution in [2.75, 3.05) is 0 Å². The zero-order valence-electron chi connectivity index (χ0n) is 14.4. The van der Waals surface area contributed by atoms with Crippen LogP contribution in [0, 0.1) is 0 Å². The molecule has 0 atom stereocenters. The van der Waals surface area contributed by atoms with Crippen LogP contribution < -0.4 is 14.4 Å². The van der Waals surface area contributed by atoms with Crippen molar-refractivity contribution in [3.8, 4) is 22.3 Å². The topological polar surface area (TPSA) is 0 Å². The fourth-order valence-electron chi connectivity index (χ4n) is 4.54. The predicted octanol–water partition coefficient (Wildman–Crippen LogP) is 3.02. The normalized spacial score (nSPS) is 14.8. The molecule has 1 spiro atoms. The molecule has 2 aliphatic rings. The van der Waals surface area contributed by atoms with E-state index < -0.39 is 18.2 Å². The molecule has 0 amide bonds. The third-order valence-electron chi connectivity index (χ3n) is 5.45. The van der Waals surface area contributed by atoms with Crippen LogP contribution in [0.25, 0.3) is 22.3 Å². The Kier molecular flexibility index (Phi) is 4.90. The summed E-state index contributed by atoms with van der Waals surface area (Å²) in [6.07, 6.45) is 0. The van der Waals surface area contributed by atoms with Gasteiger partial charge in [0.2, 0.25) is 0 Å². The first-order chi connectivity index (χ1) is 12.4. The van der Waals surface area contributed by atoms with Gasteiger partial charge in [0.05, 0.1) is 0 Å². The van der Waals surface area contributed by atoms with Crippen molar-refractivity contribution in [1.29, 1.82) is 0 Å². The summed E-state index contributed by atoms with van der Waals surface area (Å²) in [4.78, 5) is 0. The van der Waals surface area contributed by atoms with Gasteiger partial charge in [-0.2, -0.15) is 0 Å². The van der Waals surface area contributed by atoms with Crippen molar-refractivity contribution < 1.29 is 34.1 Å². The molecule has 4 aromatic carbocycles. The van der Waals surface area contributed by atoms with Gasteiger partial charge in [-0.3, -0.25) is 0 Å². The Hall–Kier alpha value is -1.29. The van der Waals surface area contributed by atoms with Crippen LogP contribution in [0.5, 0.6) is 0 Å². The average Bonchev–Trinajstić information content (AvgIpc) is 3.16. The van der Waals surface area contributed by atoms with Gasteiger partial charge < -0.3 is 0 Å². The molecule has 4 aromatic rings. The van der Waals surface area contributed by atoms with Crippen LogP contribution >= 0.6 is 0 Å².